The zero-order valence-electron chi connectivity index (χ0n) is 11.5. The number of benzene rings is 1. The number of carbonyl (C=O) groups excluding carboxylic acids is 2. The first-order chi connectivity index (χ1) is 9.11. The van der Waals surface area contributed by atoms with Gasteiger partial charge in [0.05, 0.1) is 19.1 Å². The maximum absolute atomic E-state index is 12.2. The Morgan fingerprint density at radius 2 is 2.00 bits per heavy atom. The molecule has 102 valence electrons. The van der Waals surface area contributed by atoms with E-state index in [-0.39, 0.29) is 23.8 Å². The summed E-state index contributed by atoms with van der Waals surface area (Å²) in [5.41, 5.74) is 1.03. The molecule has 19 heavy (non-hydrogen) atoms. The van der Waals surface area contributed by atoms with Gasteiger partial charge in [-0.1, -0.05) is 37.3 Å². The standard InChI is InChI=1S/C15H19NO3/c1-4-12-13(15(18)19-3)16(14(12)17)10(2)11-8-6-5-7-9-11/h5-10,12-13H,4H2,1-3H3/t10?,12-,13-/m0/s1. The van der Waals surface area contributed by atoms with Crippen molar-refractivity contribution in [1.82, 2.24) is 4.90 Å². The number of methoxy groups -OCH3 is 1. The second-order valence-electron chi connectivity index (χ2n) is 4.81. The Hall–Kier alpha value is -1.84. The van der Waals surface area contributed by atoms with Crippen LogP contribution in [-0.2, 0) is 14.3 Å². The van der Waals surface area contributed by atoms with Gasteiger partial charge in [0, 0.05) is 0 Å². The number of ether oxygens (including phenoxy) is 1. The Morgan fingerprint density at radius 3 is 2.53 bits per heavy atom. The molecule has 1 saturated heterocycles. The molecule has 1 amide bonds. The van der Waals surface area contributed by atoms with E-state index in [4.69, 9.17) is 4.74 Å². The van der Waals surface area contributed by atoms with Gasteiger partial charge >= 0.3 is 5.97 Å². The SMILES string of the molecule is CC[C@@H]1C(=O)N(C(C)c2ccccc2)[C@@H]1C(=O)OC. The number of β-lactam (4-membered cyclic amide) rings is 1. The van der Waals surface area contributed by atoms with Crippen LogP contribution in [0.2, 0.25) is 0 Å². The van der Waals surface area contributed by atoms with Crippen molar-refractivity contribution < 1.29 is 14.3 Å². The van der Waals surface area contributed by atoms with Crippen LogP contribution in [0.3, 0.4) is 0 Å². The van der Waals surface area contributed by atoms with Gasteiger partial charge in [-0.2, -0.15) is 0 Å². The highest BCUT2D eigenvalue weighted by Gasteiger charge is 2.52. The highest BCUT2D eigenvalue weighted by Crippen LogP contribution is 2.37. The number of carbonyl (C=O) groups is 2. The summed E-state index contributed by atoms with van der Waals surface area (Å²) in [5, 5.41) is 0. The second kappa shape index (κ2) is 5.43. The molecule has 0 saturated carbocycles. The number of hydrogen-bond donors (Lipinski definition) is 0. The Morgan fingerprint density at radius 1 is 1.37 bits per heavy atom. The van der Waals surface area contributed by atoms with E-state index in [0.29, 0.717) is 6.42 Å². The summed E-state index contributed by atoms with van der Waals surface area (Å²) in [6.45, 7) is 3.86. The van der Waals surface area contributed by atoms with Crippen LogP contribution in [-0.4, -0.2) is 29.9 Å². The zero-order valence-corrected chi connectivity index (χ0v) is 11.5. The molecule has 1 aromatic carbocycles. The molecule has 1 aliphatic rings. The fourth-order valence-corrected chi connectivity index (χ4v) is 2.70. The zero-order chi connectivity index (χ0) is 14.0. The highest BCUT2D eigenvalue weighted by molar-refractivity contribution is 5.97. The van der Waals surface area contributed by atoms with Crippen molar-refractivity contribution in [2.75, 3.05) is 7.11 Å². The lowest BCUT2D eigenvalue weighted by molar-refractivity contribution is -0.176. The molecule has 0 N–H and O–H groups in total. The van der Waals surface area contributed by atoms with Crippen LogP contribution in [0.15, 0.2) is 30.3 Å². The number of likely N-dealkylation sites (tertiary alicyclic amines) is 1. The Balaban J connectivity index is 2.23. The lowest BCUT2D eigenvalue weighted by atomic mass is 9.82. The lowest BCUT2D eigenvalue weighted by Crippen LogP contribution is -2.64. The van der Waals surface area contributed by atoms with Crippen molar-refractivity contribution in [2.24, 2.45) is 5.92 Å². The third-order valence-corrected chi connectivity index (χ3v) is 3.83. The normalized spacial score (nSPS) is 23.7. The van der Waals surface area contributed by atoms with Gasteiger partial charge in [-0.25, -0.2) is 4.79 Å². The quantitative estimate of drug-likeness (QED) is 0.616. The van der Waals surface area contributed by atoms with E-state index in [1.54, 1.807) is 4.90 Å². The number of esters is 1. The third kappa shape index (κ3) is 2.23. The summed E-state index contributed by atoms with van der Waals surface area (Å²) < 4.78 is 4.82. The lowest BCUT2D eigenvalue weighted by Gasteiger charge is -2.48. The second-order valence-corrected chi connectivity index (χ2v) is 4.81. The summed E-state index contributed by atoms with van der Waals surface area (Å²) in [6, 6.07) is 9.16. The smallest absolute Gasteiger partial charge is 0.329 e. The Kier molecular flexibility index (Phi) is 3.88. The number of nitrogens with zero attached hydrogens (tertiary/aromatic N) is 1. The minimum absolute atomic E-state index is 0.0363. The molecule has 3 atom stereocenters. The first-order valence-electron chi connectivity index (χ1n) is 6.56. The van der Waals surface area contributed by atoms with Gasteiger partial charge < -0.3 is 9.64 Å². The molecule has 1 unspecified atom stereocenters. The molecule has 0 spiro atoms. The molecule has 0 aliphatic carbocycles. The number of amides is 1. The van der Waals surface area contributed by atoms with Crippen LogP contribution in [0.5, 0.6) is 0 Å². The van der Waals surface area contributed by atoms with Crippen molar-refractivity contribution in [3.63, 3.8) is 0 Å². The predicted octanol–water partition coefficient (Wildman–Crippen LogP) is 2.16. The predicted molar refractivity (Wildman–Crippen MR) is 71.3 cm³/mol. The van der Waals surface area contributed by atoms with Gasteiger partial charge in [0.25, 0.3) is 0 Å². The van der Waals surface area contributed by atoms with Gasteiger partial charge in [-0.05, 0) is 18.9 Å². The van der Waals surface area contributed by atoms with Crippen LogP contribution in [0.1, 0.15) is 31.9 Å². The molecule has 4 nitrogen and oxygen atoms in total. The van der Waals surface area contributed by atoms with Crippen molar-refractivity contribution in [2.45, 2.75) is 32.4 Å². The largest absolute Gasteiger partial charge is 0.467 e. The van der Waals surface area contributed by atoms with Crippen molar-refractivity contribution in [3.05, 3.63) is 35.9 Å². The summed E-state index contributed by atoms with van der Waals surface area (Å²) in [5.74, 6) is -0.526. The molecule has 1 fully saturated rings. The molecule has 2 rings (SSSR count). The van der Waals surface area contributed by atoms with Crippen molar-refractivity contribution in [1.29, 1.82) is 0 Å². The first-order valence-corrected chi connectivity index (χ1v) is 6.56. The van der Waals surface area contributed by atoms with E-state index >= 15 is 0 Å². The van der Waals surface area contributed by atoms with E-state index in [0.717, 1.165) is 5.56 Å². The Labute approximate surface area is 113 Å². The summed E-state index contributed by atoms with van der Waals surface area (Å²) in [4.78, 5) is 25.6. The van der Waals surface area contributed by atoms with E-state index in [9.17, 15) is 9.59 Å². The van der Waals surface area contributed by atoms with E-state index in [1.165, 1.54) is 7.11 Å². The van der Waals surface area contributed by atoms with E-state index in [2.05, 4.69) is 0 Å². The van der Waals surface area contributed by atoms with Crippen LogP contribution >= 0.6 is 0 Å². The van der Waals surface area contributed by atoms with Gasteiger partial charge in [0.1, 0.15) is 6.04 Å². The molecule has 1 aliphatic heterocycles. The minimum Gasteiger partial charge on any atom is -0.467 e. The van der Waals surface area contributed by atoms with Crippen LogP contribution < -0.4 is 0 Å². The topological polar surface area (TPSA) is 46.6 Å². The molecule has 0 aromatic heterocycles. The maximum Gasteiger partial charge on any atom is 0.329 e. The number of hydrogen-bond acceptors (Lipinski definition) is 3. The van der Waals surface area contributed by atoms with Crippen LogP contribution in [0, 0.1) is 5.92 Å². The fourth-order valence-electron chi connectivity index (χ4n) is 2.70. The fraction of sp³-hybridized carbons (Fsp3) is 0.467. The minimum atomic E-state index is -0.447. The van der Waals surface area contributed by atoms with Gasteiger partial charge in [-0.15, -0.1) is 0 Å². The summed E-state index contributed by atoms with van der Waals surface area (Å²) in [7, 11) is 1.36. The molecule has 0 bridgehead atoms. The average Bonchev–Trinajstić information content (AvgIpc) is 2.45. The first kappa shape index (κ1) is 13.6. The number of rotatable bonds is 4. The summed E-state index contributed by atoms with van der Waals surface area (Å²) in [6.07, 6.45) is 0.663. The molecular weight excluding hydrogens is 242 g/mol. The van der Waals surface area contributed by atoms with Gasteiger partial charge in [0.15, 0.2) is 0 Å². The maximum atomic E-state index is 12.2. The van der Waals surface area contributed by atoms with E-state index < -0.39 is 6.04 Å². The molecule has 1 aromatic rings. The van der Waals surface area contributed by atoms with Crippen molar-refractivity contribution in [3.8, 4) is 0 Å². The Bertz CT molecular complexity index is 472. The molecule has 0 radical (unpaired) electrons. The highest BCUT2D eigenvalue weighted by atomic mass is 16.5. The van der Waals surface area contributed by atoms with Gasteiger partial charge in [0.2, 0.25) is 5.91 Å². The monoisotopic (exact) mass is 261 g/mol. The van der Waals surface area contributed by atoms with Gasteiger partial charge in [-0.3, -0.25) is 4.79 Å². The molecule has 4 heteroatoms. The van der Waals surface area contributed by atoms with E-state index in [1.807, 2.05) is 44.2 Å². The average molecular weight is 261 g/mol. The van der Waals surface area contributed by atoms with Crippen LogP contribution in [0.25, 0.3) is 0 Å². The third-order valence-electron chi connectivity index (χ3n) is 3.83. The summed E-state index contributed by atoms with van der Waals surface area (Å²) >= 11 is 0. The van der Waals surface area contributed by atoms with Crippen molar-refractivity contribution >= 4 is 11.9 Å². The molecular formula is C15H19NO3. The molecule has 1 heterocycles. The van der Waals surface area contributed by atoms with Crippen LogP contribution in [0.4, 0.5) is 0 Å².